The minimum Gasteiger partial charge on any atom is -0.260 e. The molecule has 1 rings (SSSR count). The molecule has 0 atom stereocenters. The molecule has 0 aromatic carbocycles. The lowest BCUT2D eigenvalue weighted by atomic mass is 10.8. The molecule has 0 N–H and O–H groups in total. The summed E-state index contributed by atoms with van der Waals surface area (Å²) in [5.41, 5.74) is 0. The topological polar surface area (TPSA) is 25.8 Å². The quantitative estimate of drug-likeness (QED) is 0.476. The van der Waals surface area contributed by atoms with Gasteiger partial charge in [0.05, 0.1) is 6.20 Å². The maximum absolute atomic E-state index is 3.92. The lowest BCUT2D eigenvalue weighted by Gasteiger charge is -1.86. The number of aromatic nitrogens is 2. The summed E-state index contributed by atoms with van der Waals surface area (Å²) < 4.78 is 0. The molecule has 0 saturated carbocycles. The van der Waals surface area contributed by atoms with Crippen LogP contribution in [0.2, 0.25) is 0 Å². The smallest absolute Gasteiger partial charge is 0.125 e. The lowest BCUT2D eigenvalue weighted by molar-refractivity contribution is 1.06. The lowest BCUT2D eigenvalue weighted by Crippen LogP contribution is -1.75. The van der Waals surface area contributed by atoms with E-state index in [0.29, 0.717) is 0 Å². The van der Waals surface area contributed by atoms with Crippen molar-refractivity contribution >= 4 is 22.5 Å². The Morgan fingerprint density at radius 1 is 1.50 bits per heavy atom. The van der Waals surface area contributed by atoms with E-state index in [1.807, 2.05) is 0 Å². The minimum atomic E-state index is 0.829. The molecule has 0 amide bonds. The van der Waals surface area contributed by atoms with E-state index in [-0.39, 0.29) is 0 Å². The second kappa shape index (κ2) is 2.94. The minimum absolute atomic E-state index is 0.829. The fourth-order valence-electron chi connectivity index (χ4n) is 0.333. The number of thiol groups is 1. The summed E-state index contributed by atoms with van der Waals surface area (Å²) in [6.07, 6.45) is 4.93. The predicted octanol–water partition coefficient (Wildman–Crippen LogP) is 1.41. The molecule has 0 spiro atoms. The van der Waals surface area contributed by atoms with Crippen molar-refractivity contribution in [1.82, 2.24) is 9.97 Å². The van der Waals surface area contributed by atoms with Crippen LogP contribution in [0.15, 0.2) is 23.6 Å². The first kappa shape index (κ1) is 5.91. The van der Waals surface area contributed by atoms with Crippen molar-refractivity contribution in [2.24, 2.45) is 0 Å². The van der Waals surface area contributed by atoms with Crippen LogP contribution >= 0.6 is 22.5 Å². The van der Waals surface area contributed by atoms with Crippen molar-refractivity contribution in [1.29, 1.82) is 0 Å². The Kier molecular flexibility index (Phi) is 2.17. The number of nitrogens with zero attached hydrogens (tertiary/aromatic N) is 2. The van der Waals surface area contributed by atoms with Gasteiger partial charge in [0.2, 0.25) is 0 Å². The van der Waals surface area contributed by atoms with Gasteiger partial charge in [0, 0.05) is 12.4 Å². The predicted molar refractivity (Wildman–Crippen MR) is 36.9 cm³/mol. The first-order valence-electron chi connectivity index (χ1n) is 2.01. The van der Waals surface area contributed by atoms with Crippen LogP contribution in [0.25, 0.3) is 0 Å². The molecular formula is C4H4N2S2. The molecule has 0 bridgehead atoms. The standard InChI is InChI=1S/C4H4N2S2/c7-8-4-3-5-1-2-6-4/h1-3,7H. The van der Waals surface area contributed by atoms with Crippen LogP contribution in [0.4, 0.5) is 0 Å². The first-order chi connectivity index (χ1) is 3.93. The number of rotatable bonds is 1. The second-order valence-corrected chi connectivity index (χ2v) is 2.28. The Labute approximate surface area is 56.5 Å². The van der Waals surface area contributed by atoms with Gasteiger partial charge in [0.15, 0.2) is 0 Å². The van der Waals surface area contributed by atoms with E-state index < -0.39 is 0 Å². The molecule has 42 valence electrons. The highest BCUT2D eigenvalue weighted by atomic mass is 33.1. The van der Waals surface area contributed by atoms with E-state index in [1.165, 1.54) is 10.8 Å². The van der Waals surface area contributed by atoms with Crippen LogP contribution < -0.4 is 0 Å². The van der Waals surface area contributed by atoms with Crippen molar-refractivity contribution in [2.45, 2.75) is 5.03 Å². The van der Waals surface area contributed by atoms with Gasteiger partial charge in [-0.2, -0.15) is 0 Å². The maximum atomic E-state index is 3.92. The first-order valence-corrected chi connectivity index (χ1v) is 3.88. The zero-order valence-electron chi connectivity index (χ0n) is 3.98. The van der Waals surface area contributed by atoms with Gasteiger partial charge in [0.25, 0.3) is 0 Å². The largest absolute Gasteiger partial charge is 0.260 e. The monoisotopic (exact) mass is 144 g/mol. The maximum Gasteiger partial charge on any atom is 0.125 e. The van der Waals surface area contributed by atoms with Crippen molar-refractivity contribution in [2.75, 3.05) is 0 Å². The van der Waals surface area contributed by atoms with Gasteiger partial charge in [0.1, 0.15) is 5.03 Å². The third kappa shape index (κ3) is 1.38. The van der Waals surface area contributed by atoms with Crippen LogP contribution in [0, 0.1) is 0 Å². The highest BCUT2D eigenvalue weighted by Gasteiger charge is 1.84. The van der Waals surface area contributed by atoms with E-state index in [2.05, 4.69) is 21.6 Å². The molecule has 0 aliphatic heterocycles. The molecule has 0 saturated heterocycles. The van der Waals surface area contributed by atoms with Gasteiger partial charge >= 0.3 is 0 Å². The average molecular weight is 144 g/mol. The van der Waals surface area contributed by atoms with Crippen LogP contribution in [0.3, 0.4) is 0 Å². The molecule has 0 radical (unpaired) electrons. The Morgan fingerprint density at radius 3 is 2.75 bits per heavy atom. The summed E-state index contributed by atoms with van der Waals surface area (Å²) in [6, 6.07) is 0. The molecule has 8 heavy (non-hydrogen) atoms. The van der Waals surface area contributed by atoms with Crippen LogP contribution in [-0.2, 0) is 0 Å². The van der Waals surface area contributed by atoms with E-state index in [0.717, 1.165) is 5.03 Å². The van der Waals surface area contributed by atoms with Crippen molar-refractivity contribution in [3.8, 4) is 0 Å². The van der Waals surface area contributed by atoms with Crippen LogP contribution in [0.5, 0.6) is 0 Å². The average Bonchev–Trinajstić information content (AvgIpc) is 1.90. The zero-order chi connectivity index (χ0) is 5.82. The summed E-state index contributed by atoms with van der Waals surface area (Å²) in [5.74, 6) is 0. The fourth-order valence-corrected chi connectivity index (χ4v) is 0.831. The molecule has 0 unspecified atom stereocenters. The normalized spacial score (nSPS) is 9.12. The van der Waals surface area contributed by atoms with Crippen LogP contribution in [0.1, 0.15) is 0 Å². The molecule has 0 aliphatic carbocycles. The summed E-state index contributed by atoms with van der Waals surface area (Å²) in [4.78, 5) is 7.74. The Hall–Kier alpha value is -0.220. The summed E-state index contributed by atoms with van der Waals surface area (Å²) in [6.45, 7) is 0. The number of hydrogen-bond donors (Lipinski definition) is 1. The molecular weight excluding hydrogens is 140 g/mol. The molecule has 0 aliphatic rings. The highest BCUT2D eigenvalue weighted by Crippen LogP contribution is 2.15. The van der Waals surface area contributed by atoms with Crippen molar-refractivity contribution in [3.05, 3.63) is 18.6 Å². The van der Waals surface area contributed by atoms with E-state index in [4.69, 9.17) is 0 Å². The molecule has 1 aromatic heterocycles. The van der Waals surface area contributed by atoms with E-state index in [9.17, 15) is 0 Å². The SMILES string of the molecule is SSc1cnccn1. The third-order valence-electron chi connectivity index (χ3n) is 0.633. The highest BCUT2D eigenvalue weighted by molar-refractivity contribution is 8.68. The summed E-state index contributed by atoms with van der Waals surface area (Å²) in [5, 5.41) is 0.829. The van der Waals surface area contributed by atoms with Gasteiger partial charge < -0.3 is 0 Å². The molecule has 4 heteroatoms. The zero-order valence-corrected chi connectivity index (χ0v) is 5.69. The summed E-state index contributed by atoms with van der Waals surface area (Å²) in [7, 11) is 1.29. The van der Waals surface area contributed by atoms with Gasteiger partial charge in [-0.3, -0.25) is 4.98 Å². The van der Waals surface area contributed by atoms with Crippen LogP contribution in [-0.4, -0.2) is 9.97 Å². The van der Waals surface area contributed by atoms with Gasteiger partial charge in [-0.05, 0) is 10.8 Å². The van der Waals surface area contributed by atoms with E-state index in [1.54, 1.807) is 18.6 Å². The van der Waals surface area contributed by atoms with Crippen molar-refractivity contribution < 1.29 is 0 Å². The van der Waals surface area contributed by atoms with Crippen molar-refractivity contribution in [3.63, 3.8) is 0 Å². The second-order valence-electron chi connectivity index (χ2n) is 1.13. The van der Waals surface area contributed by atoms with Gasteiger partial charge in [-0.1, -0.05) is 0 Å². The number of hydrogen-bond acceptors (Lipinski definition) is 4. The Morgan fingerprint density at radius 2 is 2.38 bits per heavy atom. The van der Waals surface area contributed by atoms with Gasteiger partial charge in [-0.25, -0.2) is 4.98 Å². The Bertz CT molecular complexity index is 153. The molecule has 1 aromatic rings. The Balaban J connectivity index is 2.83. The molecule has 2 nitrogen and oxygen atoms in total. The van der Waals surface area contributed by atoms with Gasteiger partial charge in [-0.15, -0.1) is 11.7 Å². The third-order valence-corrected chi connectivity index (χ3v) is 1.59. The van der Waals surface area contributed by atoms with E-state index >= 15 is 0 Å². The molecule has 0 fully saturated rings. The molecule has 1 heterocycles. The fraction of sp³-hybridized carbons (Fsp3) is 0. The summed E-state index contributed by atoms with van der Waals surface area (Å²) >= 11 is 3.92.